The topological polar surface area (TPSA) is 99.9 Å². The zero-order valence-corrected chi connectivity index (χ0v) is 8.49. The number of nitrogens with zero attached hydrogens (tertiary/aromatic N) is 4. The van der Waals surface area contributed by atoms with Crippen LogP contribution in [-0.4, -0.2) is 19.7 Å². The predicted octanol–water partition coefficient (Wildman–Crippen LogP) is 0.972. The van der Waals surface area contributed by atoms with Crippen molar-refractivity contribution < 1.29 is 4.92 Å². The molecule has 2 aromatic rings. The number of hydrogen-bond donors (Lipinski definition) is 1. The van der Waals surface area contributed by atoms with Crippen molar-refractivity contribution in [3.05, 3.63) is 34.5 Å². The molecule has 0 atom stereocenters. The van der Waals surface area contributed by atoms with E-state index in [2.05, 4.69) is 10.1 Å². The van der Waals surface area contributed by atoms with Crippen molar-refractivity contribution in [1.82, 2.24) is 14.8 Å². The molecular formula is C9H9N5O2. The quantitative estimate of drug-likeness (QED) is 0.599. The molecule has 0 amide bonds. The highest BCUT2D eigenvalue weighted by molar-refractivity contribution is 5.62. The standard InChI is InChI=1S/C9H9N5O2/c1-13-5-4-7(12-13)6-2-3-8(14(15)16)9(10)11-6/h2-5H,1H3,(H2,10,11). The molecule has 0 radical (unpaired) electrons. The zero-order valence-electron chi connectivity index (χ0n) is 8.49. The van der Waals surface area contributed by atoms with Crippen molar-refractivity contribution in [1.29, 1.82) is 0 Å². The molecule has 82 valence electrons. The van der Waals surface area contributed by atoms with Gasteiger partial charge in [-0.25, -0.2) is 4.98 Å². The monoisotopic (exact) mass is 219 g/mol. The average molecular weight is 219 g/mol. The van der Waals surface area contributed by atoms with Crippen molar-refractivity contribution in [3.8, 4) is 11.4 Å². The Morgan fingerprint density at radius 3 is 2.62 bits per heavy atom. The first kappa shape index (κ1) is 10.1. The van der Waals surface area contributed by atoms with Crippen LogP contribution in [0.4, 0.5) is 11.5 Å². The molecule has 0 fully saturated rings. The first-order valence-electron chi connectivity index (χ1n) is 4.49. The van der Waals surface area contributed by atoms with Gasteiger partial charge in [0, 0.05) is 19.3 Å². The van der Waals surface area contributed by atoms with Gasteiger partial charge in [-0.2, -0.15) is 5.10 Å². The van der Waals surface area contributed by atoms with Crippen molar-refractivity contribution in [2.45, 2.75) is 0 Å². The highest BCUT2D eigenvalue weighted by Crippen LogP contribution is 2.23. The number of anilines is 1. The zero-order chi connectivity index (χ0) is 11.7. The second-order valence-corrected chi connectivity index (χ2v) is 3.23. The van der Waals surface area contributed by atoms with Gasteiger partial charge in [-0.1, -0.05) is 0 Å². The second kappa shape index (κ2) is 3.61. The number of nitrogens with two attached hydrogens (primary N) is 1. The van der Waals surface area contributed by atoms with Crippen molar-refractivity contribution >= 4 is 11.5 Å². The number of nitrogen functional groups attached to an aromatic ring is 1. The van der Waals surface area contributed by atoms with Gasteiger partial charge in [-0.3, -0.25) is 14.8 Å². The number of nitro groups is 1. The fraction of sp³-hybridized carbons (Fsp3) is 0.111. The third-order valence-electron chi connectivity index (χ3n) is 2.08. The number of aromatic nitrogens is 3. The molecule has 2 N–H and O–H groups in total. The summed E-state index contributed by atoms with van der Waals surface area (Å²) in [7, 11) is 1.78. The van der Waals surface area contributed by atoms with Crippen LogP contribution in [0.25, 0.3) is 11.4 Å². The van der Waals surface area contributed by atoms with E-state index in [4.69, 9.17) is 5.73 Å². The maximum Gasteiger partial charge on any atom is 0.311 e. The molecule has 7 nitrogen and oxygen atoms in total. The molecule has 2 heterocycles. The van der Waals surface area contributed by atoms with E-state index in [0.717, 1.165) is 0 Å². The minimum atomic E-state index is -0.565. The molecule has 2 aromatic heterocycles. The Labute approximate surface area is 90.7 Å². The lowest BCUT2D eigenvalue weighted by Crippen LogP contribution is -1.99. The van der Waals surface area contributed by atoms with E-state index in [1.54, 1.807) is 24.0 Å². The van der Waals surface area contributed by atoms with Crippen LogP contribution < -0.4 is 5.73 Å². The smallest absolute Gasteiger partial charge is 0.311 e. The van der Waals surface area contributed by atoms with Gasteiger partial charge in [0.15, 0.2) is 0 Å². The highest BCUT2D eigenvalue weighted by atomic mass is 16.6. The Hall–Kier alpha value is -2.44. The fourth-order valence-electron chi connectivity index (χ4n) is 1.32. The molecule has 0 saturated heterocycles. The molecular weight excluding hydrogens is 210 g/mol. The normalized spacial score (nSPS) is 10.3. The number of aryl methyl sites for hydroxylation is 1. The summed E-state index contributed by atoms with van der Waals surface area (Å²) in [6.45, 7) is 0. The van der Waals surface area contributed by atoms with Gasteiger partial charge in [-0.15, -0.1) is 0 Å². The number of pyridine rings is 1. The van der Waals surface area contributed by atoms with E-state index in [9.17, 15) is 10.1 Å². The van der Waals surface area contributed by atoms with E-state index in [0.29, 0.717) is 11.4 Å². The Bertz CT molecular complexity index is 549. The SMILES string of the molecule is Cn1ccc(-c2ccc([N+](=O)[O-])c(N)n2)n1. The van der Waals surface area contributed by atoms with Crippen LogP contribution in [-0.2, 0) is 7.05 Å². The van der Waals surface area contributed by atoms with Crippen molar-refractivity contribution in [2.75, 3.05) is 5.73 Å². The summed E-state index contributed by atoms with van der Waals surface area (Å²) in [6.07, 6.45) is 1.76. The van der Waals surface area contributed by atoms with Gasteiger partial charge < -0.3 is 5.73 Å². The van der Waals surface area contributed by atoms with Crippen LogP contribution in [0.2, 0.25) is 0 Å². The third-order valence-corrected chi connectivity index (χ3v) is 2.08. The van der Waals surface area contributed by atoms with E-state index in [1.807, 2.05) is 0 Å². The Balaban J connectivity index is 2.45. The van der Waals surface area contributed by atoms with Crippen LogP contribution in [0.15, 0.2) is 24.4 Å². The van der Waals surface area contributed by atoms with Gasteiger partial charge in [0.25, 0.3) is 0 Å². The minimum absolute atomic E-state index is 0.104. The Kier molecular flexibility index (Phi) is 2.28. The van der Waals surface area contributed by atoms with Crippen molar-refractivity contribution in [2.24, 2.45) is 7.05 Å². The Morgan fingerprint density at radius 1 is 1.38 bits per heavy atom. The van der Waals surface area contributed by atoms with E-state index >= 15 is 0 Å². The molecule has 0 unspecified atom stereocenters. The van der Waals surface area contributed by atoms with Crippen LogP contribution in [0.3, 0.4) is 0 Å². The molecule has 0 bridgehead atoms. The third kappa shape index (κ3) is 1.70. The summed E-state index contributed by atoms with van der Waals surface area (Å²) in [6, 6.07) is 4.61. The van der Waals surface area contributed by atoms with Crippen molar-refractivity contribution in [3.63, 3.8) is 0 Å². The first-order valence-corrected chi connectivity index (χ1v) is 4.49. The molecule has 0 aliphatic heterocycles. The van der Waals surface area contributed by atoms with Crippen LogP contribution in [0, 0.1) is 10.1 Å². The average Bonchev–Trinajstić information content (AvgIpc) is 2.64. The summed E-state index contributed by atoms with van der Waals surface area (Å²) >= 11 is 0. The maximum atomic E-state index is 10.5. The molecule has 0 spiro atoms. The predicted molar refractivity (Wildman–Crippen MR) is 57.5 cm³/mol. The second-order valence-electron chi connectivity index (χ2n) is 3.23. The lowest BCUT2D eigenvalue weighted by molar-refractivity contribution is -0.384. The van der Waals surface area contributed by atoms with E-state index in [-0.39, 0.29) is 11.5 Å². The Morgan fingerprint density at radius 2 is 2.12 bits per heavy atom. The van der Waals surface area contributed by atoms with Gasteiger partial charge >= 0.3 is 5.69 Å². The summed E-state index contributed by atoms with van der Waals surface area (Å²) in [4.78, 5) is 13.9. The number of rotatable bonds is 2. The number of hydrogen-bond acceptors (Lipinski definition) is 5. The summed E-state index contributed by atoms with van der Waals surface area (Å²) in [5, 5.41) is 14.7. The summed E-state index contributed by atoms with van der Waals surface area (Å²) < 4.78 is 1.62. The lowest BCUT2D eigenvalue weighted by Gasteiger charge is -1.99. The largest absolute Gasteiger partial charge is 0.378 e. The van der Waals surface area contributed by atoms with Crippen LogP contribution in [0.5, 0.6) is 0 Å². The minimum Gasteiger partial charge on any atom is -0.378 e. The van der Waals surface area contributed by atoms with Gasteiger partial charge in [0.05, 0.1) is 10.6 Å². The molecule has 0 aliphatic carbocycles. The van der Waals surface area contributed by atoms with Crippen LogP contribution in [0.1, 0.15) is 0 Å². The molecule has 0 aliphatic rings. The lowest BCUT2D eigenvalue weighted by atomic mass is 10.2. The van der Waals surface area contributed by atoms with E-state index in [1.165, 1.54) is 12.1 Å². The molecule has 2 rings (SSSR count). The van der Waals surface area contributed by atoms with Gasteiger partial charge in [0.2, 0.25) is 5.82 Å². The molecule has 7 heteroatoms. The highest BCUT2D eigenvalue weighted by Gasteiger charge is 2.14. The maximum absolute atomic E-state index is 10.5. The van der Waals surface area contributed by atoms with Gasteiger partial charge in [0.1, 0.15) is 5.69 Å². The van der Waals surface area contributed by atoms with Gasteiger partial charge in [-0.05, 0) is 12.1 Å². The fourth-order valence-corrected chi connectivity index (χ4v) is 1.32. The van der Waals surface area contributed by atoms with E-state index < -0.39 is 4.92 Å². The molecule has 16 heavy (non-hydrogen) atoms. The molecule has 0 aromatic carbocycles. The summed E-state index contributed by atoms with van der Waals surface area (Å²) in [5.74, 6) is -0.104. The summed E-state index contributed by atoms with van der Waals surface area (Å²) in [5.41, 5.74) is 6.43. The van der Waals surface area contributed by atoms with Crippen LogP contribution >= 0.6 is 0 Å². The first-order chi connectivity index (χ1) is 7.58. The molecule has 0 saturated carbocycles.